The van der Waals surface area contributed by atoms with E-state index in [-0.39, 0.29) is 11.0 Å². The first kappa shape index (κ1) is 13.8. The van der Waals surface area contributed by atoms with Gasteiger partial charge in [0.2, 0.25) is 5.56 Å². The van der Waals surface area contributed by atoms with Crippen LogP contribution in [0.3, 0.4) is 0 Å². The average molecular weight is 290 g/mol. The molecule has 0 bridgehead atoms. The van der Waals surface area contributed by atoms with Gasteiger partial charge in [-0.3, -0.25) is 9.59 Å². The summed E-state index contributed by atoms with van der Waals surface area (Å²) in [6, 6.07) is 20.0. The zero-order valence-corrected chi connectivity index (χ0v) is 11.7. The zero-order chi connectivity index (χ0) is 15.4. The topological polar surface area (TPSA) is 65.7 Å². The monoisotopic (exact) mass is 290 g/mol. The van der Waals surface area contributed by atoms with Crippen LogP contribution in [0.2, 0.25) is 0 Å². The molecule has 4 heteroatoms. The van der Waals surface area contributed by atoms with Gasteiger partial charge < -0.3 is 9.97 Å². The van der Waals surface area contributed by atoms with Crippen LogP contribution in [0.5, 0.6) is 0 Å². The molecular formula is C18H14N2O2. The number of pyridine rings is 2. The average Bonchev–Trinajstić information content (AvgIpc) is 2.56. The molecule has 4 rings (SSSR count). The minimum absolute atomic E-state index is 0.0521. The number of aromatic nitrogens is 2. The molecule has 0 saturated heterocycles. The Kier molecular flexibility index (Phi) is 3.83. The van der Waals surface area contributed by atoms with Gasteiger partial charge in [-0.1, -0.05) is 30.3 Å². The van der Waals surface area contributed by atoms with Gasteiger partial charge in [0, 0.05) is 34.7 Å². The fraction of sp³-hybridized carbons (Fsp3) is 0. The summed E-state index contributed by atoms with van der Waals surface area (Å²) in [4.78, 5) is 27.7. The minimum atomic E-state index is -0.0521. The van der Waals surface area contributed by atoms with Crippen molar-refractivity contribution in [2.45, 2.75) is 0 Å². The van der Waals surface area contributed by atoms with E-state index in [9.17, 15) is 9.59 Å². The van der Waals surface area contributed by atoms with Gasteiger partial charge in [-0.05, 0) is 29.7 Å². The Hall–Kier alpha value is -3.14. The van der Waals surface area contributed by atoms with Crippen molar-refractivity contribution in [1.29, 1.82) is 0 Å². The van der Waals surface area contributed by atoms with Crippen molar-refractivity contribution in [3.63, 3.8) is 0 Å². The third-order valence-corrected chi connectivity index (χ3v) is 3.30. The van der Waals surface area contributed by atoms with Crippen LogP contribution < -0.4 is 11.0 Å². The number of para-hydroxylation sites is 2. The van der Waals surface area contributed by atoms with Crippen LogP contribution >= 0.6 is 0 Å². The standard InChI is InChI=1S/2C9H7NO/c11-9-5-6-10-8-4-2-1-3-7(8)9;11-9-6-5-7-3-1-2-4-8(7)10-9/h2*1-6H,(H,10,11). The molecule has 2 aromatic carbocycles. The van der Waals surface area contributed by atoms with Crippen molar-refractivity contribution >= 4 is 21.8 Å². The molecule has 108 valence electrons. The normalized spacial score (nSPS) is 10.2. The van der Waals surface area contributed by atoms with Crippen molar-refractivity contribution in [3.8, 4) is 0 Å². The summed E-state index contributed by atoms with van der Waals surface area (Å²) in [5, 5.41) is 1.81. The predicted octanol–water partition coefficient (Wildman–Crippen LogP) is 3.06. The van der Waals surface area contributed by atoms with Gasteiger partial charge in [0.15, 0.2) is 5.43 Å². The lowest BCUT2D eigenvalue weighted by Crippen LogP contribution is -2.01. The molecule has 0 aliphatic carbocycles. The smallest absolute Gasteiger partial charge is 0.248 e. The summed E-state index contributed by atoms with van der Waals surface area (Å²) in [7, 11) is 0. The number of nitrogens with one attached hydrogen (secondary N) is 2. The minimum Gasteiger partial charge on any atom is -0.361 e. The van der Waals surface area contributed by atoms with Gasteiger partial charge in [0.1, 0.15) is 0 Å². The summed E-state index contributed by atoms with van der Waals surface area (Å²) < 4.78 is 0. The molecule has 2 N–H and O–H groups in total. The molecule has 4 nitrogen and oxygen atoms in total. The van der Waals surface area contributed by atoms with Gasteiger partial charge >= 0.3 is 0 Å². The van der Waals surface area contributed by atoms with Crippen molar-refractivity contribution in [2.75, 3.05) is 0 Å². The van der Waals surface area contributed by atoms with Gasteiger partial charge in [-0.15, -0.1) is 0 Å². The summed E-state index contributed by atoms with van der Waals surface area (Å²) >= 11 is 0. The van der Waals surface area contributed by atoms with Crippen molar-refractivity contribution in [3.05, 3.63) is 93.5 Å². The van der Waals surface area contributed by atoms with Crippen molar-refractivity contribution in [2.24, 2.45) is 0 Å². The molecule has 0 atom stereocenters. The molecule has 0 aliphatic rings. The predicted molar refractivity (Wildman–Crippen MR) is 89.1 cm³/mol. The van der Waals surface area contributed by atoms with E-state index in [1.165, 1.54) is 12.1 Å². The maximum Gasteiger partial charge on any atom is 0.248 e. The fourth-order valence-corrected chi connectivity index (χ4v) is 2.22. The van der Waals surface area contributed by atoms with Crippen LogP contribution in [0.25, 0.3) is 21.8 Å². The summed E-state index contributed by atoms with van der Waals surface area (Å²) in [5.74, 6) is 0. The quantitative estimate of drug-likeness (QED) is 0.522. The van der Waals surface area contributed by atoms with Gasteiger partial charge in [-0.25, -0.2) is 0 Å². The first-order valence-electron chi connectivity index (χ1n) is 6.88. The molecular weight excluding hydrogens is 276 g/mol. The van der Waals surface area contributed by atoms with E-state index in [1.54, 1.807) is 6.20 Å². The highest BCUT2D eigenvalue weighted by Gasteiger charge is 1.92. The molecule has 0 amide bonds. The second-order valence-electron chi connectivity index (χ2n) is 4.80. The fourth-order valence-electron chi connectivity index (χ4n) is 2.22. The Morgan fingerprint density at radius 2 is 1.41 bits per heavy atom. The highest BCUT2D eigenvalue weighted by molar-refractivity contribution is 5.78. The van der Waals surface area contributed by atoms with E-state index >= 15 is 0 Å². The number of rotatable bonds is 0. The van der Waals surface area contributed by atoms with Crippen LogP contribution in [0.1, 0.15) is 0 Å². The Morgan fingerprint density at radius 3 is 2.23 bits per heavy atom. The van der Waals surface area contributed by atoms with Gasteiger partial charge in [-0.2, -0.15) is 0 Å². The lowest BCUT2D eigenvalue weighted by Gasteiger charge is -1.93. The second-order valence-corrected chi connectivity index (χ2v) is 4.80. The summed E-state index contributed by atoms with van der Waals surface area (Å²) in [6.07, 6.45) is 1.66. The summed E-state index contributed by atoms with van der Waals surface area (Å²) in [5.41, 5.74) is 1.79. The van der Waals surface area contributed by atoms with E-state index in [0.717, 1.165) is 21.8 Å². The molecule has 2 aromatic heterocycles. The van der Waals surface area contributed by atoms with Crippen LogP contribution in [-0.2, 0) is 0 Å². The Morgan fingerprint density at radius 1 is 0.682 bits per heavy atom. The van der Waals surface area contributed by atoms with Crippen molar-refractivity contribution < 1.29 is 0 Å². The SMILES string of the molecule is O=c1cc[nH]c2ccccc12.O=c1ccc2ccccc2[nH]1. The molecule has 2 heterocycles. The molecule has 0 radical (unpaired) electrons. The molecule has 0 spiro atoms. The zero-order valence-electron chi connectivity index (χ0n) is 11.7. The van der Waals surface area contributed by atoms with E-state index in [1.807, 2.05) is 54.6 Å². The number of hydrogen-bond donors (Lipinski definition) is 2. The van der Waals surface area contributed by atoms with Gasteiger partial charge in [0.25, 0.3) is 0 Å². The largest absolute Gasteiger partial charge is 0.361 e. The maximum atomic E-state index is 11.2. The molecule has 0 fully saturated rings. The highest BCUT2D eigenvalue weighted by atomic mass is 16.1. The van der Waals surface area contributed by atoms with E-state index < -0.39 is 0 Å². The molecule has 0 aliphatic heterocycles. The number of H-pyrrole nitrogens is 2. The molecule has 22 heavy (non-hydrogen) atoms. The van der Waals surface area contributed by atoms with E-state index in [4.69, 9.17) is 0 Å². The van der Waals surface area contributed by atoms with Crippen LogP contribution in [0.4, 0.5) is 0 Å². The first-order valence-corrected chi connectivity index (χ1v) is 6.88. The summed E-state index contributed by atoms with van der Waals surface area (Å²) in [6.45, 7) is 0. The third kappa shape index (κ3) is 2.96. The number of hydrogen-bond acceptors (Lipinski definition) is 2. The van der Waals surface area contributed by atoms with E-state index in [2.05, 4.69) is 9.97 Å². The number of fused-ring (bicyclic) bond motifs is 2. The van der Waals surface area contributed by atoms with Crippen molar-refractivity contribution in [1.82, 2.24) is 9.97 Å². The first-order chi connectivity index (χ1) is 10.7. The third-order valence-electron chi connectivity index (χ3n) is 3.30. The maximum absolute atomic E-state index is 11.2. The lowest BCUT2D eigenvalue weighted by atomic mass is 10.2. The molecule has 4 aromatic rings. The van der Waals surface area contributed by atoms with Gasteiger partial charge in [0.05, 0.1) is 0 Å². The molecule has 0 saturated carbocycles. The Bertz CT molecular complexity index is 1020. The van der Waals surface area contributed by atoms with Crippen LogP contribution in [0.15, 0.2) is 82.5 Å². The Labute approximate surface area is 126 Å². The Balaban J connectivity index is 0.000000131. The van der Waals surface area contributed by atoms with Crippen LogP contribution in [-0.4, -0.2) is 9.97 Å². The van der Waals surface area contributed by atoms with E-state index in [0.29, 0.717) is 0 Å². The number of benzene rings is 2. The van der Waals surface area contributed by atoms with Crippen LogP contribution in [0, 0.1) is 0 Å². The highest BCUT2D eigenvalue weighted by Crippen LogP contribution is 2.06. The lowest BCUT2D eigenvalue weighted by molar-refractivity contribution is 1.31. The molecule has 0 unspecified atom stereocenters. The second kappa shape index (κ2) is 6.10. The number of aromatic amines is 2.